The fourth-order valence-corrected chi connectivity index (χ4v) is 3.12. The van der Waals surface area contributed by atoms with Gasteiger partial charge in [-0.05, 0) is 36.2 Å². The van der Waals surface area contributed by atoms with Gasteiger partial charge in [-0.3, -0.25) is 0 Å². The maximum absolute atomic E-state index is 5.48. The zero-order valence-corrected chi connectivity index (χ0v) is 14.0. The Hall–Kier alpha value is -3.41. The molecule has 0 aliphatic carbocycles. The van der Waals surface area contributed by atoms with Crippen LogP contribution in [-0.2, 0) is 12.8 Å². The Labute approximate surface area is 150 Å². The van der Waals surface area contributed by atoms with Crippen molar-refractivity contribution in [1.82, 2.24) is 19.6 Å². The summed E-state index contributed by atoms with van der Waals surface area (Å²) in [4.78, 5) is 8.92. The molecule has 0 unspecified atom stereocenters. The van der Waals surface area contributed by atoms with Gasteiger partial charge in [0.1, 0.15) is 0 Å². The van der Waals surface area contributed by atoms with E-state index in [0.29, 0.717) is 5.78 Å². The van der Waals surface area contributed by atoms with E-state index in [1.807, 2.05) is 42.5 Å². The highest BCUT2D eigenvalue weighted by Gasteiger charge is 2.16. The first-order valence-electron chi connectivity index (χ1n) is 8.51. The summed E-state index contributed by atoms with van der Waals surface area (Å²) < 4.78 is 12.7. The van der Waals surface area contributed by atoms with Crippen LogP contribution in [-0.4, -0.2) is 26.4 Å². The summed E-state index contributed by atoms with van der Waals surface area (Å²) in [5.74, 6) is 2.90. The number of aromatic nitrogens is 4. The Morgan fingerprint density at radius 1 is 0.923 bits per heavy atom. The van der Waals surface area contributed by atoms with Crippen LogP contribution in [0.3, 0.4) is 0 Å². The summed E-state index contributed by atoms with van der Waals surface area (Å²) in [5, 5.41) is 4.67. The largest absolute Gasteiger partial charge is 0.454 e. The molecule has 0 saturated carbocycles. The monoisotopic (exact) mass is 344 g/mol. The van der Waals surface area contributed by atoms with Gasteiger partial charge in [0.2, 0.25) is 6.79 Å². The van der Waals surface area contributed by atoms with Crippen molar-refractivity contribution in [3.63, 3.8) is 0 Å². The second kappa shape index (κ2) is 6.15. The van der Waals surface area contributed by atoms with Crippen LogP contribution in [0.2, 0.25) is 0 Å². The Balaban J connectivity index is 1.48. The van der Waals surface area contributed by atoms with E-state index in [-0.39, 0.29) is 6.79 Å². The van der Waals surface area contributed by atoms with Gasteiger partial charge >= 0.3 is 0 Å². The highest BCUT2D eigenvalue weighted by atomic mass is 16.7. The molecule has 0 radical (unpaired) electrons. The molecule has 0 spiro atoms. The minimum atomic E-state index is 0.261. The molecule has 26 heavy (non-hydrogen) atoms. The fourth-order valence-electron chi connectivity index (χ4n) is 3.12. The molecule has 4 aromatic rings. The molecule has 5 rings (SSSR count). The zero-order chi connectivity index (χ0) is 17.3. The van der Waals surface area contributed by atoms with Crippen LogP contribution < -0.4 is 9.47 Å². The van der Waals surface area contributed by atoms with Crippen LogP contribution in [0, 0.1) is 0 Å². The number of ether oxygens (including phenoxy) is 2. The Bertz CT molecular complexity index is 1080. The molecule has 0 fully saturated rings. The van der Waals surface area contributed by atoms with Crippen LogP contribution in [0.1, 0.15) is 11.4 Å². The van der Waals surface area contributed by atoms with Crippen LogP contribution in [0.5, 0.6) is 11.5 Å². The molecule has 1 aliphatic heterocycles. The van der Waals surface area contributed by atoms with Crippen molar-refractivity contribution in [2.75, 3.05) is 6.79 Å². The highest BCUT2D eigenvalue weighted by molar-refractivity contribution is 5.65. The topological polar surface area (TPSA) is 61.5 Å². The number of hydrogen-bond acceptors (Lipinski definition) is 5. The molecule has 0 saturated heterocycles. The van der Waals surface area contributed by atoms with Crippen LogP contribution in [0.15, 0.2) is 60.8 Å². The van der Waals surface area contributed by atoms with Crippen molar-refractivity contribution in [3.8, 4) is 22.8 Å². The first-order valence-corrected chi connectivity index (χ1v) is 8.51. The minimum absolute atomic E-state index is 0.261. The lowest BCUT2D eigenvalue weighted by Crippen LogP contribution is -1.97. The van der Waals surface area contributed by atoms with E-state index >= 15 is 0 Å². The van der Waals surface area contributed by atoms with E-state index in [2.05, 4.69) is 27.2 Å². The fraction of sp³-hybridized carbons (Fsp3) is 0.150. The third kappa shape index (κ3) is 2.65. The number of benzene rings is 2. The van der Waals surface area contributed by atoms with Gasteiger partial charge in [0.05, 0.1) is 5.69 Å². The molecule has 0 atom stereocenters. The zero-order valence-electron chi connectivity index (χ0n) is 14.0. The molecule has 0 N–H and O–H groups in total. The van der Waals surface area contributed by atoms with E-state index in [1.165, 1.54) is 5.56 Å². The van der Waals surface area contributed by atoms with Crippen molar-refractivity contribution in [1.29, 1.82) is 0 Å². The molecule has 2 aromatic heterocycles. The maximum atomic E-state index is 5.48. The van der Waals surface area contributed by atoms with E-state index in [0.717, 1.165) is 41.4 Å². The second-order valence-corrected chi connectivity index (χ2v) is 6.12. The normalized spacial score (nSPS) is 12.6. The number of rotatable bonds is 4. The third-order valence-corrected chi connectivity index (χ3v) is 4.43. The highest BCUT2D eigenvalue weighted by Crippen LogP contribution is 2.35. The first-order chi connectivity index (χ1) is 12.9. The number of fused-ring (bicyclic) bond motifs is 2. The standard InChI is InChI=1S/C20H16N4O2/c1-2-4-14(5-3-1)6-9-19-22-20-21-11-10-16(24(20)23-19)15-7-8-17-18(12-15)26-13-25-17/h1-5,7-8,10-12H,6,9,13H2. The van der Waals surface area contributed by atoms with Gasteiger partial charge in [0.25, 0.3) is 5.78 Å². The summed E-state index contributed by atoms with van der Waals surface area (Å²) in [5.41, 5.74) is 3.18. The van der Waals surface area contributed by atoms with E-state index < -0.39 is 0 Å². The number of aryl methyl sites for hydroxylation is 2. The van der Waals surface area contributed by atoms with Crippen molar-refractivity contribution in [2.24, 2.45) is 0 Å². The Morgan fingerprint density at radius 3 is 2.73 bits per heavy atom. The van der Waals surface area contributed by atoms with Crippen molar-refractivity contribution in [3.05, 3.63) is 72.2 Å². The Morgan fingerprint density at radius 2 is 1.81 bits per heavy atom. The molecular formula is C20H16N4O2. The SMILES string of the molecule is c1ccc(CCc2nc3nccc(-c4ccc5c(c4)OCO5)n3n2)cc1. The van der Waals surface area contributed by atoms with Crippen molar-refractivity contribution < 1.29 is 9.47 Å². The summed E-state index contributed by atoms with van der Waals surface area (Å²) in [7, 11) is 0. The van der Waals surface area contributed by atoms with Crippen LogP contribution >= 0.6 is 0 Å². The van der Waals surface area contributed by atoms with Gasteiger partial charge in [0.15, 0.2) is 17.3 Å². The van der Waals surface area contributed by atoms with E-state index in [1.54, 1.807) is 10.7 Å². The molecule has 6 heteroatoms. The molecular weight excluding hydrogens is 328 g/mol. The molecule has 3 heterocycles. The quantitative estimate of drug-likeness (QED) is 0.568. The maximum Gasteiger partial charge on any atom is 0.252 e. The molecule has 1 aliphatic rings. The summed E-state index contributed by atoms with van der Waals surface area (Å²) >= 11 is 0. The Kier molecular flexibility index (Phi) is 3.52. The van der Waals surface area contributed by atoms with Crippen LogP contribution in [0.4, 0.5) is 0 Å². The lowest BCUT2D eigenvalue weighted by molar-refractivity contribution is 0.174. The smallest absolute Gasteiger partial charge is 0.252 e. The van der Waals surface area contributed by atoms with Gasteiger partial charge in [-0.2, -0.15) is 9.50 Å². The minimum Gasteiger partial charge on any atom is -0.454 e. The van der Waals surface area contributed by atoms with Crippen molar-refractivity contribution >= 4 is 5.78 Å². The molecule has 0 bridgehead atoms. The van der Waals surface area contributed by atoms with Gasteiger partial charge in [-0.1, -0.05) is 30.3 Å². The predicted octanol–water partition coefficient (Wildman–Crippen LogP) is 3.31. The van der Waals surface area contributed by atoms with Gasteiger partial charge < -0.3 is 9.47 Å². The summed E-state index contributed by atoms with van der Waals surface area (Å²) in [6.07, 6.45) is 3.43. The van der Waals surface area contributed by atoms with Crippen molar-refractivity contribution in [2.45, 2.75) is 12.8 Å². The summed E-state index contributed by atoms with van der Waals surface area (Å²) in [6.45, 7) is 0.261. The first kappa shape index (κ1) is 14.9. The predicted molar refractivity (Wildman–Crippen MR) is 96.2 cm³/mol. The average molecular weight is 344 g/mol. The lowest BCUT2D eigenvalue weighted by Gasteiger charge is -2.04. The second-order valence-electron chi connectivity index (χ2n) is 6.12. The van der Waals surface area contributed by atoms with Gasteiger partial charge in [0, 0.05) is 18.2 Å². The lowest BCUT2D eigenvalue weighted by atomic mass is 10.1. The van der Waals surface area contributed by atoms with Gasteiger partial charge in [-0.25, -0.2) is 4.98 Å². The van der Waals surface area contributed by atoms with E-state index in [9.17, 15) is 0 Å². The third-order valence-electron chi connectivity index (χ3n) is 4.43. The van der Waals surface area contributed by atoms with E-state index in [4.69, 9.17) is 9.47 Å². The average Bonchev–Trinajstić information content (AvgIpc) is 3.32. The molecule has 0 amide bonds. The summed E-state index contributed by atoms with van der Waals surface area (Å²) in [6, 6.07) is 18.2. The molecule has 2 aromatic carbocycles. The number of nitrogens with zero attached hydrogens (tertiary/aromatic N) is 4. The van der Waals surface area contributed by atoms with Crippen LogP contribution in [0.25, 0.3) is 17.0 Å². The molecule has 6 nitrogen and oxygen atoms in total. The number of hydrogen-bond donors (Lipinski definition) is 0. The van der Waals surface area contributed by atoms with Gasteiger partial charge in [-0.15, -0.1) is 5.10 Å². The molecule has 128 valence electrons.